The van der Waals surface area contributed by atoms with Crippen LogP contribution in [0.5, 0.6) is 0 Å². The van der Waals surface area contributed by atoms with Crippen LogP contribution in [-0.4, -0.2) is 28.7 Å². The van der Waals surface area contributed by atoms with Gasteiger partial charge < -0.3 is 10.1 Å². The maximum Gasteiger partial charge on any atom is 0.317 e. The molecule has 1 N–H and O–H groups in total. The zero-order valence-electron chi connectivity index (χ0n) is 14.2. The van der Waals surface area contributed by atoms with E-state index in [9.17, 15) is 19.7 Å². The summed E-state index contributed by atoms with van der Waals surface area (Å²) < 4.78 is 5.08. The second kappa shape index (κ2) is 9.35. The number of esters is 1. The number of hydrogen-bond acceptors (Lipinski definition) is 7. The molecule has 138 valence electrons. The standard InChI is InChI=1S/C18H15N3O5S/c1-12(18(23)20-16-5-3-2-4-13(16)10-19)26-17(22)11-27-15-8-6-14(7-9-15)21(24)25/h2-9,12H,11H2,1H3,(H,20,23)/t12-/m1/s1. The van der Waals surface area contributed by atoms with Gasteiger partial charge in [0.15, 0.2) is 6.10 Å². The van der Waals surface area contributed by atoms with E-state index in [1.807, 2.05) is 6.07 Å². The molecule has 2 aromatic rings. The molecule has 2 rings (SSSR count). The number of para-hydroxylation sites is 1. The van der Waals surface area contributed by atoms with Gasteiger partial charge in [-0.1, -0.05) is 12.1 Å². The highest BCUT2D eigenvalue weighted by Crippen LogP contribution is 2.21. The van der Waals surface area contributed by atoms with Crippen molar-refractivity contribution in [2.24, 2.45) is 0 Å². The number of hydrogen-bond donors (Lipinski definition) is 1. The van der Waals surface area contributed by atoms with Crippen molar-refractivity contribution >= 4 is 35.0 Å². The number of amides is 1. The van der Waals surface area contributed by atoms with Crippen molar-refractivity contribution in [2.75, 3.05) is 11.1 Å². The Kier molecular flexibility index (Phi) is 6.91. The Morgan fingerprint density at radius 3 is 2.56 bits per heavy atom. The quantitative estimate of drug-likeness (QED) is 0.336. The second-order valence-corrected chi connectivity index (χ2v) is 6.37. The van der Waals surface area contributed by atoms with Crippen molar-refractivity contribution in [3.63, 3.8) is 0 Å². The topological polar surface area (TPSA) is 122 Å². The number of thioether (sulfide) groups is 1. The van der Waals surface area contributed by atoms with Crippen LogP contribution in [-0.2, 0) is 14.3 Å². The first kappa shape index (κ1) is 19.9. The SMILES string of the molecule is C[C@@H](OC(=O)CSc1ccc([N+](=O)[O-])cc1)C(=O)Nc1ccccc1C#N. The maximum absolute atomic E-state index is 12.1. The number of nitrogens with zero attached hydrogens (tertiary/aromatic N) is 2. The number of rotatable bonds is 7. The summed E-state index contributed by atoms with van der Waals surface area (Å²) in [5, 5.41) is 22.2. The zero-order valence-corrected chi connectivity index (χ0v) is 15.1. The molecule has 0 saturated heterocycles. The number of nitriles is 1. The molecule has 0 saturated carbocycles. The predicted octanol–water partition coefficient (Wildman–Crippen LogP) is 3.13. The molecule has 0 heterocycles. The molecule has 0 aromatic heterocycles. The minimum atomic E-state index is -1.04. The molecule has 0 spiro atoms. The van der Waals surface area contributed by atoms with Gasteiger partial charge in [-0.05, 0) is 31.2 Å². The van der Waals surface area contributed by atoms with Gasteiger partial charge in [-0.2, -0.15) is 5.26 Å². The molecule has 2 aromatic carbocycles. The van der Waals surface area contributed by atoms with Gasteiger partial charge in [0.1, 0.15) is 6.07 Å². The van der Waals surface area contributed by atoms with Crippen molar-refractivity contribution in [2.45, 2.75) is 17.9 Å². The smallest absolute Gasteiger partial charge is 0.317 e. The number of nitro benzene ring substituents is 1. The summed E-state index contributed by atoms with van der Waals surface area (Å²) in [5.41, 5.74) is 0.608. The number of ether oxygens (including phenoxy) is 1. The summed E-state index contributed by atoms with van der Waals surface area (Å²) in [7, 11) is 0. The average Bonchev–Trinajstić information content (AvgIpc) is 2.67. The number of non-ortho nitro benzene ring substituents is 1. The lowest BCUT2D eigenvalue weighted by Crippen LogP contribution is -2.30. The molecule has 0 aliphatic heterocycles. The Bertz CT molecular complexity index is 893. The highest BCUT2D eigenvalue weighted by molar-refractivity contribution is 8.00. The molecule has 0 aliphatic carbocycles. The molecule has 0 radical (unpaired) electrons. The fraction of sp³-hybridized carbons (Fsp3) is 0.167. The van der Waals surface area contributed by atoms with E-state index in [0.717, 1.165) is 11.8 Å². The summed E-state index contributed by atoms with van der Waals surface area (Å²) in [5.74, 6) is -1.20. The van der Waals surface area contributed by atoms with E-state index in [1.54, 1.807) is 24.3 Å². The van der Waals surface area contributed by atoms with Crippen LogP contribution in [0.1, 0.15) is 12.5 Å². The molecule has 0 unspecified atom stereocenters. The lowest BCUT2D eigenvalue weighted by Gasteiger charge is -2.14. The van der Waals surface area contributed by atoms with Crippen LogP contribution in [0.2, 0.25) is 0 Å². The van der Waals surface area contributed by atoms with Gasteiger partial charge in [0.25, 0.3) is 11.6 Å². The van der Waals surface area contributed by atoms with E-state index in [-0.39, 0.29) is 11.4 Å². The van der Waals surface area contributed by atoms with E-state index in [1.165, 1.54) is 31.2 Å². The van der Waals surface area contributed by atoms with Gasteiger partial charge in [-0.3, -0.25) is 19.7 Å². The number of benzene rings is 2. The third-order valence-electron chi connectivity index (χ3n) is 3.39. The van der Waals surface area contributed by atoms with E-state index in [2.05, 4.69) is 5.32 Å². The van der Waals surface area contributed by atoms with Gasteiger partial charge in [0.2, 0.25) is 0 Å². The van der Waals surface area contributed by atoms with Crippen molar-refractivity contribution in [3.05, 3.63) is 64.2 Å². The number of nitro groups is 1. The molecule has 1 atom stereocenters. The third kappa shape index (κ3) is 5.83. The van der Waals surface area contributed by atoms with Crippen LogP contribution in [0.4, 0.5) is 11.4 Å². The summed E-state index contributed by atoms with van der Waals surface area (Å²) >= 11 is 1.14. The largest absolute Gasteiger partial charge is 0.452 e. The van der Waals surface area contributed by atoms with Crippen LogP contribution >= 0.6 is 11.8 Å². The Morgan fingerprint density at radius 2 is 1.93 bits per heavy atom. The van der Waals surface area contributed by atoms with Gasteiger partial charge in [-0.15, -0.1) is 11.8 Å². The first-order valence-electron chi connectivity index (χ1n) is 7.77. The minimum Gasteiger partial charge on any atom is -0.452 e. The van der Waals surface area contributed by atoms with Crippen LogP contribution < -0.4 is 5.32 Å². The second-order valence-electron chi connectivity index (χ2n) is 5.32. The van der Waals surface area contributed by atoms with Gasteiger partial charge >= 0.3 is 5.97 Å². The fourth-order valence-electron chi connectivity index (χ4n) is 2.02. The summed E-state index contributed by atoms with van der Waals surface area (Å²) in [6, 6.07) is 14.2. The van der Waals surface area contributed by atoms with E-state index in [0.29, 0.717) is 16.1 Å². The molecule has 9 heteroatoms. The van der Waals surface area contributed by atoms with Gasteiger partial charge in [0, 0.05) is 17.0 Å². The number of nitrogens with one attached hydrogen (secondary N) is 1. The van der Waals surface area contributed by atoms with E-state index in [4.69, 9.17) is 10.00 Å². The average molecular weight is 385 g/mol. The zero-order chi connectivity index (χ0) is 19.8. The number of anilines is 1. The number of carbonyl (C=O) groups excluding carboxylic acids is 2. The van der Waals surface area contributed by atoms with Crippen molar-refractivity contribution in [1.29, 1.82) is 5.26 Å². The normalized spacial score (nSPS) is 11.1. The Balaban J connectivity index is 1.84. The monoisotopic (exact) mass is 385 g/mol. The Morgan fingerprint density at radius 1 is 1.26 bits per heavy atom. The Hall–Kier alpha value is -3.38. The number of carbonyl (C=O) groups is 2. The van der Waals surface area contributed by atoms with Crippen LogP contribution in [0.15, 0.2) is 53.4 Å². The molecule has 0 aliphatic rings. The fourth-order valence-corrected chi connectivity index (χ4v) is 2.70. The third-order valence-corrected chi connectivity index (χ3v) is 4.37. The summed E-state index contributed by atoms with van der Waals surface area (Å²) in [4.78, 5) is 34.8. The lowest BCUT2D eigenvalue weighted by molar-refractivity contribution is -0.384. The van der Waals surface area contributed by atoms with Crippen molar-refractivity contribution in [1.82, 2.24) is 0 Å². The van der Waals surface area contributed by atoms with Crippen molar-refractivity contribution < 1.29 is 19.2 Å². The molecule has 27 heavy (non-hydrogen) atoms. The first-order valence-corrected chi connectivity index (χ1v) is 8.76. The Labute approximate surface area is 159 Å². The van der Waals surface area contributed by atoms with Crippen LogP contribution in [0, 0.1) is 21.4 Å². The minimum absolute atomic E-state index is 0.0372. The summed E-state index contributed by atoms with van der Waals surface area (Å²) in [6.07, 6.45) is -1.04. The molecule has 0 bridgehead atoms. The molecular formula is C18H15N3O5S. The van der Waals surface area contributed by atoms with E-state index >= 15 is 0 Å². The summed E-state index contributed by atoms with van der Waals surface area (Å²) in [6.45, 7) is 1.43. The molecule has 1 amide bonds. The highest BCUT2D eigenvalue weighted by Gasteiger charge is 2.19. The molecular weight excluding hydrogens is 370 g/mol. The molecule has 0 fully saturated rings. The van der Waals surface area contributed by atoms with Crippen LogP contribution in [0.3, 0.4) is 0 Å². The van der Waals surface area contributed by atoms with Gasteiger partial charge in [-0.25, -0.2) is 0 Å². The first-order chi connectivity index (χ1) is 12.9. The lowest BCUT2D eigenvalue weighted by atomic mass is 10.2. The van der Waals surface area contributed by atoms with E-state index < -0.39 is 22.9 Å². The molecule has 8 nitrogen and oxygen atoms in total. The maximum atomic E-state index is 12.1. The van der Waals surface area contributed by atoms with Crippen molar-refractivity contribution in [3.8, 4) is 6.07 Å². The van der Waals surface area contributed by atoms with Crippen LogP contribution in [0.25, 0.3) is 0 Å². The highest BCUT2D eigenvalue weighted by atomic mass is 32.2. The van der Waals surface area contributed by atoms with Gasteiger partial charge in [0.05, 0.1) is 21.9 Å². The predicted molar refractivity (Wildman–Crippen MR) is 99.2 cm³/mol.